The summed E-state index contributed by atoms with van der Waals surface area (Å²) in [6.07, 6.45) is 2.04. The van der Waals surface area contributed by atoms with Crippen LogP contribution in [0.25, 0.3) is 0 Å². The Bertz CT molecular complexity index is 405. The van der Waals surface area contributed by atoms with Crippen LogP contribution in [0.1, 0.15) is 20.3 Å². The van der Waals surface area contributed by atoms with Crippen molar-refractivity contribution in [3.05, 3.63) is 22.6 Å². The van der Waals surface area contributed by atoms with Crippen LogP contribution in [0, 0.1) is 0 Å². The smallest absolute Gasteiger partial charge is 0.319 e. The van der Waals surface area contributed by atoms with Crippen molar-refractivity contribution in [2.24, 2.45) is 0 Å². The average molecular weight is 242 g/mol. The van der Waals surface area contributed by atoms with Gasteiger partial charge in [0, 0.05) is 12.3 Å². The molecule has 0 bridgehead atoms. The highest BCUT2D eigenvalue weighted by atomic mass is 32.2. The summed E-state index contributed by atoms with van der Waals surface area (Å²) in [7, 11) is 0. The van der Waals surface area contributed by atoms with Gasteiger partial charge in [0.1, 0.15) is 5.25 Å². The number of aromatic nitrogens is 2. The maximum atomic E-state index is 11.5. The van der Waals surface area contributed by atoms with Gasteiger partial charge in [-0.15, -0.1) is 0 Å². The van der Waals surface area contributed by atoms with E-state index in [4.69, 9.17) is 4.74 Å². The second-order valence-electron chi connectivity index (χ2n) is 3.01. The molecule has 16 heavy (non-hydrogen) atoms. The molecule has 1 rings (SSSR count). The summed E-state index contributed by atoms with van der Waals surface area (Å²) in [4.78, 5) is 29.1. The summed E-state index contributed by atoms with van der Waals surface area (Å²) < 4.78 is 4.92. The van der Waals surface area contributed by atoms with Crippen molar-refractivity contribution in [3.63, 3.8) is 0 Å². The van der Waals surface area contributed by atoms with E-state index in [0.717, 1.165) is 0 Å². The summed E-state index contributed by atoms with van der Waals surface area (Å²) in [5, 5.41) is 0.109. The zero-order chi connectivity index (χ0) is 12.0. The van der Waals surface area contributed by atoms with Crippen molar-refractivity contribution in [1.82, 2.24) is 9.97 Å². The molecule has 0 aliphatic rings. The lowest BCUT2D eigenvalue weighted by Gasteiger charge is -2.11. The number of nitrogens with zero attached hydrogens (tertiary/aromatic N) is 1. The van der Waals surface area contributed by atoms with E-state index in [1.807, 2.05) is 6.92 Å². The van der Waals surface area contributed by atoms with E-state index in [1.54, 1.807) is 6.92 Å². The van der Waals surface area contributed by atoms with Crippen LogP contribution in [-0.4, -0.2) is 27.8 Å². The van der Waals surface area contributed by atoms with Crippen LogP contribution >= 0.6 is 11.8 Å². The largest absolute Gasteiger partial charge is 0.465 e. The van der Waals surface area contributed by atoms with Crippen LogP contribution in [0.4, 0.5) is 0 Å². The van der Waals surface area contributed by atoms with Gasteiger partial charge >= 0.3 is 5.97 Å². The molecule has 88 valence electrons. The monoisotopic (exact) mass is 242 g/mol. The molecule has 0 aromatic carbocycles. The molecule has 6 heteroatoms. The predicted molar refractivity (Wildman–Crippen MR) is 61.4 cm³/mol. The summed E-state index contributed by atoms with van der Waals surface area (Å²) in [5.74, 6) is -0.276. The molecule has 1 aromatic rings. The first-order valence-corrected chi connectivity index (χ1v) is 5.94. The minimum atomic E-state index is -0.328. The second kappa shape index (κ2) is 6.32. The Hall–Kier alpha value is -1.30. The first kappa shape index (κ1) is 12.8. The Labute approximate surface area is 97.6 Å². The van der Waals surface area contributed by atoms with Crippen molar-refractivity contribution in [2.75, 3.05) is 6.61 Å². The van der Waals surface area contributed by atoms with E-state index in [0.29, 0.717) is 18.2 Å². The Morgan fingerprint density at radius 3 is 2.94 bits per heavy atom. The number of H-pyrrole nitrogens is 1. The summed E-state index contributed by atoms with van der Waals surface area (Å²) in [6.45, 7) is 4.00. The van der Waals surface area contributed by atoms with Crippen LogP contribution in [0.2, 0.25) is 0 Å². The molecule has 5 nitrogen and oxygen atoms in total. The molecule has 0 amide bonds. The maximum absolute atomic E-state index is 11.5. The number of hydrogen-bond acceptors (Lipinski definition) is 5. The molecule has 0 aliphatic heterocycles. The van der Waals surface area contributed by atoms with Crippen LogP contribution in [0.5, 0.6) is 0 Å². The van der Waals surface area contributed by atoms with Gasteiger partial charge < -0.3 is 9.72 Å². The van der Waals surface area contributed by atoms with Gasteiger partial charge in [0.15, 0.2) is 5.16 Å². The number of aromatic amines is 1. The highest BCUT2D eigenvalue weighted by molar-refractivity contribution is 8.00. The Balaban J connectivity index is 2.70. The lowest BCUT2D eigenvalue weighted by atomic mass is 10.3. The van der Waals surface area contributed by atoms with Crippen LogP contribution < -0.4 is 5.56 Å². The number of carbonyl (C=O) groups is 1. The molecule has 1 aromatic heterocycles. The summed E-state index contributed by atoms with van der Waals surface area (Å²) >= 11 is 1.21. The molecule has 0 fully saturated rings. The molecule has 1 unspecified atom stereocenters. The normalized spacial score (nSPS) is 12.1. The van der Waals surface area contributed by atoms with Crippen LogP contribution in [-0.2, 0) is 9.53 Å². The lowest BCUT2D eigenvalue weighted by Crippen LogP contribution is -2.20. The van der Waals surface area contributed by atoms with Crippen molar-refractivity contribution < 1.29 is 9.53 Å². The van der Waals surface area contributed by atoms with Gasteiger partial charge in [-0.3, -0.25) is 9.59 Å². The molecule has 0 spiro atoms. The van der Waals surface area contributed by atoms with Gasteiger partial charge in [-0.1, -0.05) is 18.7 Å². The zero-order valence-electron chi connectivity index (χ0n) is 9.23. The topological polar surface area (TPSA) is 72.0 Å². The van der Waals surface area contributed by atoms with E-state index < -0.39 is 0 Å². The molecule has 0 aliphatic carbocycles. The lowest BCUT2D eigenvalue weighted by molar-refractivity contribution is -0.142. The van der Waals surface area contributed by atoms with Gasteiger partial charge in [0.05, 0.1) is 6.61 Å². The molecular formula is C10H14N2O3S. The van der Waals surface area contributed by atoms with Crippen molar-refractivity contribution in [3.8, 4) is 0 Å². The fourth-order valence-electron chi connectivity index (χ4n) is 1.08. The highest BCUT2D eigenvalue weighted by Crippen LogP contribution is 2.21. The Kier molecular flexibility index (Phi) is 5.04. The SMILES string of the molecule is CCOC(=O)C(CC)Sc1nccc(=O)[nH]1. The number of esters is 1. The van der Waals surface area contributed by atoms with Crippen molar-refractivity contribution in [1.29, 1.82) is 0 Å². The second-order valence-corrected chi connectivity index (χ2v) is 4.20. The van der Waals surface area contributed by atoms with E-state index in [1.165, 1.54) is 24.0 Å². The van der Waals surface area contributed by atoms with Gasteiger partial charge in [0.2, 0.25) is 0 Å². The molecule has 0 radical (unpaired) electrons. The fraction of sp³-hybridized carbons (Fsp3) is 0.500. The van der Waals surface area contributed by atoms with E-state index in [2.05, 4.69) is 9.97 Å². The maximum Gasteiger partial charge on any atom is 0.319 e. The molecule has 1 heterocycles. The quantitative estimate of drug-likeness (QED) is 0.477. The zero-order valence-corrected chi connectivity index (χ0v) is 10.0. The standard InChI is InChI=1S/C10H14N2O3S/c1-3-7(9(14)15-4-2)16-10-11-6-5-8(13)12-10/h5-7H,3-4H2,1-2H3,(H,11,12,13). The third-order valence-electron chi connectivity index (χ3n) is 1.82. The molecule has 0 saturated heterocycles. The van der Waals surface area contributed by atoms with Crippen molar-refractivity contribution >= 4 is 17.7 Å². The van der Waals surface area contributed by atoms with Gasteiger partial charge in [0.25, 0.3) is 5.56 Å². The molecule has 1 atom stereocenters. The Morgan fingerprint density at radius 1 is 1.62 bits per heavy atom. The van der Waals surface area contributed by atoms with Gasteiger partial charge in [-0.2, -0.15) is 0 Å². The van der Waals surface area contributed by atoms with Crippen molar-refractivity contribution in [2.45, 2.75) is 30.7 Å². The molecular weight excluding hydrogens is 228 g/mol. The number of hydrogen-bond donors (Lipinski definition) is 1. The number of ether oxygens (including phenoxy) is 1. The van der Waals surface area contributed by atoms with Crippen LogP contribution in [0.3, 0.4) is 0 Å². The van der Waals surface area contributed by atoms with E-state index >= 15 is 0 Å². The molecule has 0 saturated carbocycles. The van der Waals surface area contributed by atoms with Gasteiger partial charge in [-0.25, -0.2) is 4.98 Å². The Morgan fingerprint density at radius 2 is 2.38 bits per heavy atom. The van der Waals surface area contributed by atoms with Crippen LogP contribution in [0.15, 0.2) is 22.2 Å². The average Bonchev–Trinajstić information content (AvgIpc) is 2.26. The molecule has 1 N–H and O–H groups in total. The minimum absolute atomic E-state index is 0.226. The third kappa shape index (κ3) is 3.69. The number of carbonyl (C=O) groups excluding carboxylic acids is 1. The fourth-order valence-corrected chi connectivity index (χ4v) is 1.96. The summed E-state index contributed by atoms with van der Waals surface area (Å²) in [5.41, 5.74) is -0.226. The van der Waals surface area contributed by atoms with Gasteiger partial charge in [-0.05, 0) is 13.3 Å². The number of thioether (sulfide) groups is 1. The first-order chi connectivity index (χ1) is 7.67. The van der Waals surface area contributed by atoms with E-state index in [-0.39, 0.29) is 16.8 Å². The highest BCUT2D eigenvalue weighted by Gasteiger charge is 2.19. The predicted octanol–water partition coefficient (Wildman–Crippen LogP) is 1.20. The first-order valence-electron chi connectivity index (χ1n) is 5.06. The number of rotatable bonds is 5. The van der Waals surface area contributed by atoms with E-state index in [9.17, 15) is 9.59 Å². The number of nitrogens with one attached hydrogen (secondary N) is 1. The third-order valence-corrected chi connectivity index (χ3v) is 3.06. The summed E-state index contributed by atoms with van der Waals surface area (Å²) in [6, 6.07) is 1.33. The minimum Gasteiger partial charge on any atom is -0.465 e.